The van der Waals surface area contributed by atoms with Crippen molar-refractivity contribution in [3.05, 3.63) is 29.8 Å². The van der Waals surface area contributed by atoms with Crippen LogP contribution in [0.25, 0.3) is 0 Å². The van der Waals surface area contributed by atoms with E-state index < -0.39 is 12.7 Å². The lowest BCUT2D eigenvalue weighted by molar-refractivity contribution is -0.146. The Kier molecular flexibility index (Phi) is 4.32. The van der Waals surface area contributed by atoms with Gasteiger partial charge in [0.1, 0.15) is 0 Å². The van der Waals surface area contributed by atoms with E-state index in [1.807, 2.05) is 17.0 Å². The molecule has 0 spiro atoms. The van der Waals surface area contributed by atoms with Crippen molar-refractivity contribution in [2.75, 3.05) is 37.6 Å². The normalized spacial score (nSPS) is 17.3. The first-order valence-corrected chi connectivity index (χ1v) is 6.50. The molecule has 0 saturated carbocycles. The van der Waals surface area contributed by atoms with Crippen molar-refractivity contribution in [3.63, 3.8) is 0 Å². The summed E-state index contributed by atoms with van der Waals surface area (Å²) in [5, 5.41) is 0. The van der Waals surface area contributed by atoms with Gasteiger partial charge in [0.25, 0.3) is 0 Å². The minimum atomic E-state index is -4.13. The van der Waals surface area contributed by atoms with Gasteiger partial charge in [0.05, 0.1) is 6.54 Å². The number of hydrogen-bond acceptors (Lipinski definition) is 3. The Morgan fingerprint density at radius 3 is 2.10 bits per heavy atom. The number of hydrogen-bond donors (Lipinski definition) is 0. The maximum atomic E-state index is 12.3. The number of nitrogens with zero attached hydrogens (tertiary/aromatic N) is 2. The first-order valence-electron chi connectivity index (χ1n) is 6.50. The molecule has 0 amide bonds. The molecular weight excluding hydrogens is 269 g/mol. The van der Waals surface area contributed by atoms with Gasteiger partial charge in [0, 0.05) is 37.4 Å². The Balaban J connectivity index is 1.92. The molecule has 0 radical (unpaired) electrons. The van der Waals surface area contributed by atoms with Gasteiger partial charge in [-0.05, 0) is 31.2 Å². The van der Waals surface area contributed by atoms with Crippen LogP contribution in [0.3, 0.4) is 0 Å². The van der Waals surface area contributed by atoms with Crippen LogP contribution < -0.4 is 4.90 Å². The van der Waals surface area contributed by atoms with Gasteiger partial charge < -0.3 is 4.90 Å². The summed E-state index contributed by atoms with van der Waals surface area (Å²) in [6.07, 6.45) is -4.13. The number of anilines is 1. The molecule has 0 bridgehead atoms. The molecule has 1 heterocycles. The Morgan fingerprint density at radius 2 is 1.65 bits per heavy atom. The standard InChI is InChI=1S/C14H17F3N2O/c1-11(20)12-2-4-13(5-3-12)19-8-6-18(7-9-19)10-14(15,16)17/h2-5H,6-10H2,1H3. The summed E-state index contributed by atoms with van der Waals surface area (Å²) in [6.45, 7) is 2.59. The van der Waals surface area contributed by atoms with Crippen molar-refractivity contribution >= 4 is 11.5 Å². The van der Waals surface area contributed by atoms with Gasteiger partial charge in [-0.15, -0.1) is 0 Å². The highest BCUT2D eigenvalue weighted by molar-refractivity contribution is 5.94. The van der Waals surface area contributed by atoms with Crippen LogP contribution in [-0.2, 0) is 0 Å². The number of alkyl halides is 3. The molecule has 6 heteroatoms. The van der Waals surface area contributed by atoms with Gasteiger partial charge in [0.15, 0.2) is 5.78 Å². The van der Waals surface area contributed by atoms with Crippen molar-refractivity contribution in [2.24, 2.45) is 0 Å². The summed E-state index contributed by atoms with van der Waals surface area (Å²) in [6, 6.07) is 7.19. The number of carbonyl (C=O) groups is 1. The first-order chi connectivity index (χ1) is 9.35. The van der Waals surface area contributed by atoms with Gasteiger partial charge in [-0.2, -0.15) is 13.2 Å². The molecule has 1 aromatic carbocycles. The van der Waals surface area contributed by atoms with E-state index in [1.165, 1.54) is 11.8 Å². The molecule has 2 rings (SSSR count). The largest absolute Gasteiger partial charge is 0.401 e. The number of piperazine rings is 1. The van der Waals surface area contributed by atoms with Crippen LogP contribution in [0, 0.1) is 0 Å². The minimum Gasteiger partial charge on any atom is -0.369 e. The van der Waals surface area contributed by atoms with Crippen LogP contribution in [0.4, 0.5) is 18.9 Å². The molecule has 0 aromatic heterocycles. The lowest BCUT2D eigenvalue weighted by Crippen LogP contribution is -2.49. The zero-order chi connectivity index (χ0) is 14.8. The van der Waals surface area contributed by atoms with Crippen LogP contribution >= 0.6 is 0 Å². The summed E-state index contributed by atoms with van der Waals surface area (Å²) in [7, 11) is 0. The van der Waals surface area contributed by atoms with Crippen LogP contribution in [0.5, 0.6) is 0 Å². The monoisotopic (exact) mass is 286 g/mol. The number of benzene rings is 1. The third-order valence-corrected chi connectivity index (χ3v) is 3.41. The summed E-state index contributed by atoms with van der Waals surface area (Å²) in [4.78, 5) is 14.6. The third-order valence-electron chi connectivity index (χ3n) is 3.41. The molecule has 0 unspecified atom stereocenters. The predicted molar refractivity (Wildman–Crippen MR) is 71.2 cm³/mol. The zero-order valence-electron chi connectivity index (χ0n) is 11.3. The predicted octanol–water partition coefficient (Wildman–Crippen LogP) is 2.57. The molecule has 1 saturated heterocycles. The average molecular weight is 286 g/mol. The number of halogens is 3. The van der Waals surface area contributed by atoms with Crippen LogP contribution in [0.15, 0.2) is 24.3 Å². The highest BCUT2D eigenvalue weighted by atomic mass is 19.4. The molecule has 20 heavy (non-hydrogen) atoms. The van der Waals surface area contributed by atoms with E-state index in [4.69, 9.17) is 0 Å². The van der Waals surface area contributed by atoms with E-state index in [0.717, 1.165) is 5.69 Å². The molecule has 1 aliphatic rings. The fraction of sp³-hybridized carbons (Fsp3) is 0.500. The summed E-state index contributed by atoms with van der Waals surface area (Å²) < 4.78 is 36.9. The Labute approximate surface area is 116 Å². The molecule has 0 aliphatic carbocycles. The number of carbonyl (C=O) groups excluding carboxylic acids is 1. The van der Waals surface area contributed by atoms with Crippen molar-refractivity contribution in [2.45, 2.75) is 13.1 Å². The lowest BCUT2D eigenvalue weighted by atomic mass is 10.1. The number of Topliss-reactive ketones (excluding diaryl/α,β-unsaturated/α-hetero) is 1. The maximum Gasteiger partial charge on any atom is 0.401 e. The van der Waals surface area contributed by atoms with E-state index in [0.29, 0.717) is 31.7 Å². The third kappa shape index (κ3) is 3.96. The zero-order valence-corrected chi connectivity index (χ0v) is 11.3. The smallest absolute Gasteiger partial charge is 0.369 e. The van der Waals surface area contributed by atoms with E-state index in [9.17, 15) is 18.0 Å². The van der Waals surface area contributed by atoms with Gasteiger partial charge >= 0.3 is 6.18 Å². The van der Waals surface area contributed by atoms with E-state index >= 15 is 0 Å². The van der Waals surface area contributed by atoms with E-state index in [1.54, 1.807) is 12.1 Å². The van der Waals surface area contributed by atoms with Crippen LogP contribution in [0.2, 0.25) is 0 Å². The SMILES string of the molecule is CC(=O)c1ccc(N2CCN(CC(F)(F)F)CC2)cc1. The summed E-state index contributed by atoms with van der Waals surface area (Å²) in [5.41, 5.74) is 1.59. The molecule has 0 atom stereocenters. The maximum absolute atomic E-state index is 12.3. The lowest BCUT2D eigenvalue weighted by Gasteiger charge is -2.36. The molecule has 3 nitrogen and oxygen atoms in total. The molecule has 0 N–H and O–H groups in total. The van der Waals surface area contributed by atoms with Gasteiger partial charge in [-0.1, -0.05) is 0 Å². The van der Waals surface area contributed by atoms with Crippen LogP contribution in [-0.4, -0.2) is 49.6 Å². The summed E-state index contributed by atoms with van der Waals surface area (Å²) in [5.74, 6) is 0.00606. The fourth-order valence-corrected chi connectivity index (χ4v) is 2.32. The van der Waals surface area contributed by atoms with E-state index in [2.05, 4.69) is 0 Å². The highest BCUT2D eigenvalue weighted by Gasteiger charge is 2.32. The second kappa shape index (κ2) is 5.83. The second-order valence-electron chi connectivity index (χ2n) is 4.98. The second-order valence-corrected chi connectivity index (χ2v) is 4.98. The highest BCUT2D eigenvalue weighted by Crippen LogP contribution is 2.20. The molecule has 1 fully saturated rings. The van der Waals surface area contributed by atoms with E-state index in [-0.39, 0.29) is 5.78 Å². The summed E-state index contributed by atoms with van der Waals surface area (Å²) >= 11 is 0. The van der Waals surface area contributed by atoms with Gasteiger partial charge in [0.2, 0.25) is 0 Å². The van der Waals surface area contributed by atoms with Crippen molar-refractivity contribution in [3.8, 4) is 0 Å². The van der Waals surface area contributed by atoms with Crippen molar-refractivity contribution in [1.29, 1.82) is 0 Å². The van der Waals surface area contributed by atoms with Crippen molar-refractivity contribution < 1.29 is 18.0 Å². The average Bonchev–Trinajstić information content (AvgIpc) is 2.38. The Bertz CT molecular complexity index is 462. The topological polar surface area (TPSA) is 23.6 Å². The molecular formula is C14H17F3N2O. The van der Waals surface area contributed by atoms with Gasteiger partial charge in [-0.3, -0.25) is 9.69 Å². The molecule has 1 aromatic rings. The van der Waals surface area contributed by atoms with Gasteiger partial charge in [-0.25, -0.2) is 0 Å². The first kappa shape index (κ1) is 14.8. The molecule has 110 valence electrons. The quantitative estimate of drug-likeness (QED) is 0.798. The van der Waals surface area contributed by atoms with Crippen molar-refractivity contribution in [1.82, 2.24) is 4.90 Å². The fourth-order valence-electron chi connectivity index (χ4n) is 2.32. The van der Waals surface area contributed by atoms with Crippen LogP contribution in [0.1, 0.15) is 17.3 Å². The Morgan fingerprint density at radius 1 is 1.10 bits per heavy atom. The number of rotatable bonds is 3. The number of ketones is 1. The minimum absolute atomic E-state index is 0.00606. The Hall–Kier alpha value is -1.56. The molecule has 1 aliphatic heterocycles.